The zero-order valence-electron chi connectivity index (χ0n) is 31.5. The van der Waals surface area contributed by atoms with Crippen LogP contribution >= 0.6 is 23.5 Å². The molecular weight excluding hydrogens is 753 g/mol. The van der Waals surface area contributed by atoms with Crippen molar-refractivity contribution in [2.75, 3.05) is 10.6 Å². The molecule has 0 spiro atoms. The minimum atomic E-state index is 0.703. The first-order chi connectivity index (χ1) is 28.5. The number of benzene rings is 4. The second kappa shape index (κ2) is 15.1. The van der Waals surface area contributed by atoms with Crippen LogP contribution in [0, 0.1) is 25.7 Å². The molecule has 8 nitrogen and oxygen atoms in total. The minimum Gasteiger partial charge on any atom is -0.361 e. The number of nitrogens with one attached hydrogen (secondary N) is 4. The number of aryl methyl sites for hydroxylation is 2. The minimum absolute atomic E-state index is 0.703. The van der Waals surface area contributed by atoms with E-state index >= 15 is 0 Å². The lowest BCUT2D eigenvalue weighted by atomic mass is 10.1. The van der Waals surface area contributed by atoms with Gasteiger partial charge >= 0.3 is 0 Å². The van der Waals surface area contributed by atoms with Gasteiger partial charge in [0.2, 0.25) is 0 Å². The van der Waals surface area contributed by atoms with Gasteiger partial charge < -0.3 is 20.6 Å². The molecule has 0 saturated carbocycles. The van der Waals surface area contributed by atoms with Crippen LogP contribution in [-0.2, 0) is 0 Å². The van der Waals surface area contributed by atoms with E-state index in [1.54, 1.807) is 35.9 Å². The number of pyridine rings is 4. The molecule has 0 atom stereocenters. The van der Waals surface area contributed by atoms with Crippen LogP contribution in [0.15, 0.2) is 166 Å². The van der Waals surface area contributed by atoms with E-state index in [-0.39, 0.29) is 0 Å². The van der Waals surface area contributed by atoms with Gasteiger partial charge in [0.25, 0.3) is 0 Å². The summed E-state index contributed by atoms with van der Waals surface area (Å²) >= 11 is 3.41. The van der Waals surface area contributed by atoms with Crippen molar-refractivity contribution in [2.45, 2.75) is 33.4 Å². The first-order valence-electron chi connectivity index (χ1n) is 18.8. The Morgan fingerprint density at radius 2 is 0.966 bits per heavy atom. The largest absolute Gasteiger partial charge is 0.361 e. The van der Waals surface area contributed by atoms with Gasteiger partial charge in [-0.15, -0.1) is 0 Å². The number of nitrogens with zero attached hydrogens (tertiary/aromatic N) is 4. The summed E-state index contributed by atoms with van der Waals surface area (Å²) in [5.41, 5.74) is 11.0. The molecule has 278 valence electrons. The second-order valence-corrected chi connectivity index (χ2v) is 16.2. The van der Waals surface area contributed by atoms with E-state index in [1.165, 1.54) is 10.8 Å². The molecule has 0 unspecified atom stereocenters. The molecular formula is C48H34N8S2. The molecule has 0 saturated heterocycles. The van der Waals surface area contributed by atoms with E-state index in [0.717, 1.165) is 86.7 Å². The number of anilines is 4. The zero-order valence-corrected chi connectivity index (χ0v) is 33.1. The third-order valence-corrected chi connectivity index (χ3v) is 12.0. The Bertz CT molecular complexity index is 3030. The maximum absolute atomic E-state index is 4.67. The molecule has 0 aliphatic heterocycles. The monoisotopic (exact) mass is 786 g/mol. The summed E-state index contributed by atoms with van der Waals surface area (Å²) < 4.78 is 0. The van der Waals surface area contributed by atoms with Gasteiger partial charge in [-0.2, -0.15) is 0 Å². The Morgan fingerprint density at radius 3 is 1.45 bits per heavy atom. The van der Waals surface area contributed by atoms with Crippen LogP contribution < -0.4 is 10.6 Å². The lowest BCUT2D eigenvalue weighted by Crippen LogP contribution is -1.97. The molecule has 0 aliphatic rings. The van der Waals surface area contributed by atoms with Crippen molar-refractivity contribution in [1.82, 2.24) is 29.9 Å². The van der Waals surface area contributed by atoms with Crippen molar-refractivity contribution < 1.29 is 0 Å². The average Bonchev–Trinajstić information content (AvgIpc) is 3.91. The summed E-state index contributed by atoms with van der Waals surface area (Å²) in [6.07, 6.45) is 7.53. The van der Waals surface area contributed by atoms with E-state index < -0.39 is 0 Å². The molecule has 6 aromatic heterocycles. The van der Waals surface area contributed by atoms with E-state index in [1.807, 2.05) is 50.5 Å². The third-order valence-electron chi connectivity index (χ3n) is 9.84. The fourth-order valence-corrected chi connectivity index (χ4v) is 8.77. The quantitative estimate of drug-likeness (QED) is 0.113. The Hall–Kier alpha value is -7.06. The van der Waals surface area contributed by atoms with Gasteiger partial charge in [-0.1, -0.05) is 47.5 Å². The van der Waals surface area contributed by atoms with Crippen LogP contribution in [0.3, 0.4) is 0 Å². The average molecular weight is 787 g/mol. The smallest absolute Gasteiger partial charge is 0.161 e. The highest BCUT2D eigenvalue weighted by Gasteiger charge is 2.13. The standard InChI is InChI=1S/C48H34N8S2/c1-29-3-13-37-39(19-23-51-47(37)53-29)55-43-25-31(7-15-45(43)57-35-11-9-33-17-21-49-41(33)27-35)5-6-32-8-16-46(58-36-12-10-34-18-22-50-42(34)28-36)44(26-32)56-40-20-24-52-48-38(40)14-4-30(2)54-48/h3-4,7-28,49-50H,1-2H3,(H,51,53,55)(H,52,54,56). The fraction of sp³-hybridized carbons (Fsp3) is 0.0417. The van der Waals surface area contributed by atoms with Crippen LogP contribution in [0.25, 0.3) is 43.9 Å². The second-order valence-electron chi connectivity index (χ2n) is 13.9. The summed E-state index contributed by atoms with van der Waals surface area (Å²) in [4.78, 5) is 29.5. The van der Waals surface area contributed by atoms with E-state index in [4.69, 9.17) is 0 Å². The molecule has 4 aromatic carbocycles. The summed E-state index contributed by atoms with van der Waals surface area (Å²) in [6.45, 7) is 3.96. The van der Waals surface area contributed by atoms with Gasteiger partial charge in [0.05, 0.1) is 22.7 Å². The molecule has 10 rings (SSSR count). The maximum Gasteiger partial charge on any atom is 0.161 e. The van der Waals surface area contributed by atoms with Crippen LogP contribution in [0.2, 0.25) is 0 Å². The van der Waals surface area contributed by atoms with Crippen molar-refractivity contribution in [3.8, 4) is 11.8 Å². The molecule has 0 amide bonds. The third kappa shape index (κ3) is 7.32. The van der Waals surface area contributed by atoms with Crippen molar-refractivity contribution in [3.63, 3.8) is 0 Å². The first-order valence-corrected chi connectivity index (χ1v) is 20.4. The van der Waals surface area contributed by atoms with Gasteiger partial charge in [0, 0.05) is 88.7 Å². The molecule has 4 N–H and O–H groups in total. The van der Waals surface area contributed by atoms with Gasteiger partial charge in [-0.25, -0.2) is 19.9 Å². The number of aromatic amines is 2. The Balaban J connectivity index is 1.02. The molecule has 0 bridgehead atoms. The Labute approximate surface area is 343 Å². The van der Waals surface area contributed by atoms with Gasteiger partial charge in [-0.05, 0) is 134 Å². The first kappa shape index (κ1) is 35.4. The van der Waals surface area contributed by atoms with Crippen molar-refractivity contribution in [1.29, 1.82) is 0 Å². The summed E-state index contributed by atoms with van der Waals surface area (Å²) in [5, 5.41) is 11.7. The molecule has 0 aliphatic carbocycles. The van der Waals surface area contributed by atoms with Crippen molar-refractivity contribution in [3.05, 3.63) is 169 Å². The Kier molecular flexibility index (Phi) is 9.22. The molecule has 6 heterocycles. The molecule has 58 heavy (non-hydrogen) atoms. The number of hydrogen-bond donors (Lipinski definition) is 4. The van der Waals surface area contributed by atoms with Gasteiger partial charge in [-0.3, -0.25) is 0 Å². The van der Waals surface area contributed by atoms with Crippen LogP contribution in [0.1, 0.15) is 22.5 Å². The van der Waals surface area contributed by atoms with Crippen LogP contribution in [0.4, 0.5) is 22.7 Å². The number of hydrogen-bond acceptors (Lipinski definition) is 8. The maximum atomic E-state index is 4.67. The molecule has 10 heteroatoms. The number of rotatable bonds is 8. The number of H-pyrrole nitrogens is 2. The topological polar surface area (TPSA) is 107 Å². The van der Waals surface area contributed by atoms with Crippen molar-refractivity contribution >= 4 is 90.1 Å². The highest BCUT2D eigenvalue weighted by molar-refractivity contribution is 7.99. The number of aromatic nitrogens is 6. The predicted octanol–water partition coefficient (Wildman–Crippen LogP) is 12.3. The summed E-state index contributed by atoms with van der Waals surface area (Å²) in [6, 6.07) is 42.0. The summed E-state index contributed by atoms with van der Waals surface area (Å²) in [5.74, 6) is 6.94. The highest BCUT2D eigenvalue weighted by Crippen LogP contribution is 2.39. The van der Waals surface area contributed by atoms with Crippen LogP contribution in [0.5, 0.6) is 0 Å². The van der Waals surface area contributed by atoms with Gasteiger partial charge in [0.15, 0.2) is 11.3 Å². The van der Waals surface area contributed by atoms with E-state index in [0.29, 0.717) is 11.3 Å². The Morgan fingerprint density at radius 1 is 0.483 bits per heavy atom. The lowest BCUT2D eigenvalue weighted by molar-refractivity contribution is 1.20. The predicted molar refractivity (Wildman–Crippen MR) is 239 cm³/mol. The van der Waals surface area contributed by atoms with Gasteiger partial charge in [0.1, 0.15) is 0 Å². The lowest BCUT2D eigenvalue weighted by Gasteiger charge is -2.15. The normalized spacial score (nSPS) is 11.3. The van der Waals surface area contributed by atoms with E-state index in [9.17, 15) is 0 Å². The van der Waals surface area contributed by atoms with Crippen molar-refractivity contribution in [2.24, 2.45) is 0 Å². The molecule has 10 aromatic rings. The zero-order chi connectivity index (χ0) is 39.0. The molecule has 0 radical (unpaired) electrons. The fourth-order valence-electron chi connectivity index (χ4n) is 6.92. The van der Waals surface area contributed by atoms with Crippen LogP contribution in [-0.4, -0.2) is 29.9 Å². The highest BCUT2D eigenvalue weighted by atomic mass is 32.2. The van der Waals surface area contributed by atoms with E-state index in [2.05, 4.69) is 149 Å². The number of fused-ring (bicyclic) bond motifs is 4. The molecule has 0 fully saturated rings. The summed E-state index contributed by atoms with van der Waals surface area (Å²) in [7, 11) is 0. The SMILES string of the molecule is Cc1ccc2c(Nc3cc(C#Cc4ccc(Sc5ccc6cc[nH]c6c5)c(Nc5ccnc6nc(C)ccc56)c4)ccc3Sc3ccc4cc[nH]c4c3)ccnc2n1.